The van der Waals surface area contributed by atoms with Crippen LogP contribution in [0.15, 0.2) is 157 Å². The average Bonchev–Trinajstić information content (AvgIpc) is 0.815. The van der Waals surface area contributed by atoms with E-state index < -0.39 is 0 Å². The first-order valence-corrected chi connectivity index (χ1v) is 37.2. The van der Waals surface area contributed by atoms with Crippen molar-refractivity contribution >= 4 is 116 Å². The number of nitrogens with zero attached hydrogens (tertiary/aromatic N) is 9. The van der Waals surface area contributed by atoms with Crippen LogP contribution in [0.3, 0.4) is 0 Å². The highest BCUT2D eigenvalue weighted by atomic mass is 35.5. The number of halogens is 3. The van der Waals surface area contributed by atoms with Crippen LogP contribution in [-0.2, 0) is 19.1 Å². The van der Waals surface area contributed by atoms with Crippen molar-refractivity contribution in [3.8, 4) is 0 Å². The lowest BCUT2D eigenvalue weighted by molar-refractivity contribution is -0.145. The number of ether oxygens (including phenoxy) is 2. The number of β-amino-alcohol motifs (C(OH)–C–C–N with tert-alkyl or cyclic N) is 1. The van der Waals surface area contributed by atoms with Gasteiger partial charge in [-0.05, 0) is 163 Å². The van der Waals surface area contributed by atoms with Crippen molar-refractivity contribution in [3.63, 3.8) is 0 Å². The number of piperazine rings is 3. The molecular formula is C72H94Cl3N11O5S3. The molecule has 506 valence electrons. The number of hydrogen-bond donors (Lipinski definition) is 3. The molecule has 6 aliphatic rings. The van der Waals surface area contributed by atoms with Crippen LogP contribution in [0.4, 0.5) is 34.1 Å². The van der Waals surface area contributed by atoms with Crippen LogP contribution in [0, 0.1) is 0 Å². The van der Waals surface area contributed by atoms with Gasteiger partial charge in [0.25, 0.3) is 0 Å². The zero-order chi connectivity index (χ0) is 65.4. The molecule has 0 atom stereocenters. The fourth-order valence-electron chi connectivity index (χ4n) is 12.7. The second kappa shape index (κ2) is 37.8. The van der Waals surface area contributed by atoms with Crippen LogP contribution in [-0.4, -0.2) is 224 Å². The standard InChI is InChI=1S/C26H35ClN4O2S.C25H33ClN4O2S.C21H26ClN3OS/c1-28-11-4-8-26(32)33-19-18-30-16-14-29(15-17-30)12-5-13-31-22-6-2-3-7-24(22)34-25-10-9-21(27)20-23(25)31;26-20-8-9-24-22(19-20)30(21-5-1-2-6-23(21)33-24)12-4-11-28-13-15-29(16-14-28)17-18-32-25(31)7-3-10-27;22-17-6-7-21-19(16-17)25(18-4-1-2-5-20(18)27-21)9-3-8-23-10-12-24(13-11-23)14-15-26/h2-3,6-7,9-10,20,28H,4-5,8,11-19H2,1H3;1-2,5-6,8-9,19H,3-4,7,10-18,27H2;1-2,4-7,16,26H,3,8-15H2. The van der Waals surface area contributed by atoms with Crippen molar-refractivity contribution in [1.82, 2.24) is 34.7 Å². The van der Waals surface area contributed by atoms with Gasteiger partial charge < -0.3 is 55.0 Å². The normalized spacial score (nSPS) is 16.7. The van der Waals surface area contributed by atoms with E-state index in [4.69, 9.17) is 55.1 Å². The highest BCUT2D eigenvalue weighted by Gasteiger charge is 2.28. The number of aliphatic hydroxyl groups excluding tert-OH is 1. The zero-order valence-electron chi connectivity index (χ0n) is 54.5. The molecule has 6 heterocycles. The number of nitrogens with one attached hydrogen (secondary N) is 1. The molecule has 94 heavy (non-hydrogen) atoms. The molecule has 22 heteroatoms. The Bertz CT molecular complexity index is 3360. The molecule has 0 aromatic heterocycles. The summed E-state index contributed by atoms with van der Waals surface area (Å²) in [6.07, 6.45) is 5.73. The number of carbonyl (C=O) groups is 2. The summed E-state index contributed by atoms with van der Waals surface area (Å²) in [5.41, 5.74) is 12.9. The third-order valence-electron chi connectivity index (χ3n) is 17.9. The van der Waals surface area contributed by atoms with E-state index in [1.54, 1.807) is 0 Å². The van der Waals surface area contributed by atoms with Gasteiger partial charge in [-0.2, -0.15) is 0 Å². The average molecular weight is 1400 g/mol. The fourth-order valence-corrected chi connectivity index (χ4v) is 16.4. The first-order chi connectivity index (χ1) is 46.0. The first kappa shape index (κ1) is 72.0. The Balaban J connectivity index is 0.000000155. The van der Waals surface area contributed by atoms with E-state index in [-0.39, 0.29) is 18.5 Å². The lowest BCUT2D eigenvalue weighted by Crippen LogP contribution is -2.47. The van der Waals surface area contributed by atoms with Gasteiger partial charge in [-0.15, -0.1) is 0 Å². The number of hydrogen-bond acceptors (Lipinski definition) is 19. The van der Waals surface area contributed by atoms with E-state index in [1.165, 1.54) is 63.5 Å². The third-order valence-corrected chi connectivity index (χ3v) is 22.0. The van der Waals surface area contributed by atoms with Crippen molar-refractivity contribution in [2.45, 2.75) is 74.3 Å². The van der Waals surface area contributed by atoms with Crippen LogP contribution in [0.5, 0.6) is 0 Å². The van der Waals surface area contributed by atoms with E-state index in [1.807, 2.05) is 60.5 Å². The lowest BCUT2D eigenvalue weighted by Gasteiger charge is -2.36. The van der Waals surface area contributed by atoms with Crippen molar-refractivity contribution < 1.29 is 24.2 Å². The van der Waals surface area contributed by atoms with Gasteiger partial charge in [0.05, 0.1) is 40.7 Å². The van der Waals surface area contributed by atoms with Gasteiger partial charge in [-0.25, -0.2) is 0 Å². The Morgan fingerprint density at radius 2 is 0.723 bits per heavy atom. The summed E-state index contributed by atoms with van der Waals surface area (Å²) < 4.78 is 10.7. The summed E-state index contributed by atoms with van der Waals surface area (Å²) in [7, 11) is 1.89. The van der Waals surface area contributed by atoms with Gasteiger partial charge >= 0.3 is 11.9 Å². The molecule has 0 aliphatic carbocycles. The number of nitrogens with two attached hydrogens (primary N) is 1. The predicted octanol–water partition coefficient (Wildman–Crippen LogP) is 12.7. The van der Waals surface area contributed by atoms with E-state index >= 15 is 0 Å². The van der Waals surface area contributed by atoms with Gasteiger partial charge in [0, 0.05) is 175 Å². The van der Waals surface area contributed by atoms with Gasteiger partial charge in [-0.3, -0.25) is 24.3 Å². The first-order valence-electron chi connectivity index (χ1n) is 33.6. The number of para-hydroxylation sites is 3. The smallest absolute Gasteiger partial charge is 0.305 e. The monoisotopic (exact) mass is 1390 g/mol. The molecule has 4 N–H and O–H groups in total. The van der Waals surface area contributed by atoms with Crippen molar-refractivity contribution in [3.05, 3.63) is 142 Å². The van der Waals surface area contributed by atoms with E-state index in [9.17, 15) is 9.59 Å². The summed E-state index contributed by atoms with van der Waals surface area (Å²) in [6, 6.07) is 44.4. The van der Waals surface area contributed by atoms with E-state index in [0.29, 0.717) is 39.0 Å². The van der Waals surface area contributed by atoms with E-state index in [0.717, 1.165) is 185 Å². The lowest BCUT2D eigenvalue weighted by atomic mass is 10.2. The Morgan fingerprint density at radius 1 is 0.415 bits per heavy atom. The van der Waals surface area contributed by atoms with Crippen LogP contribution < -0.4 is 25.8 Å². The molecule has 3 saturated heterocycles. The molecule has 0 bridgehead atoms. The second-order valence-electron chi connectivity index (χ2n) is 24.4. The van der Waals surface area contributed by atoms with Crippen molar-refractivity contribution in [1.29, 1.82) is 0 Å². The van der Waals surface area contributed by atoms with Gasteiger partial charge in [0.15, 0.2) is 0 Å². The molecule has 12 rings (SSSR count). The Kier molecular flexibility index (Phi) is 29.0. The van der Waals surface area contributed by atoms with Gasteiger partial charge in [0.1, 0.15) is 13.2 Å². The maximum Gasteiger partial charge on any atom is 0.305 e. The van der Waals surface area contributed by atoms with Crippen LogP contribution >= 0.6 is 70.1 Å². The molecule has 3 fully saturated rings. The zero-order valence-corrected chi connectivity index (χ0v) is 59.2. The molecule has 0 saturated carbocycles. The maximum absolute atomic E-state index is 11.7. The molecule has 0 amide bonds. The fraction of sp³-hybridized carbons (Fsp3) is 0.472. The van der Waals surface area contributed by atoms with Crippen LogP contribution in [0.25, 0.3) is 0 Å². The minimum atomic E-state index is -0.139. The molecule has 16 nitrogen and oxygen atoms in total. The third kappa shape index (κ3) is 21.1. The minimum Gasteiger partial charge on any atom is -0.464 e. The minimum absolute atomic E-state index is 0.0885. The van der Waals surface area contributed by atoms with E-state index in [2.05, 4.69) is 159 Å². The summed E-state index contributed by atoms with van der Waals surface area (Å²) in [4.78, 5) is 53.0. The summed E-state index contributed by atoms with van der Waals surface area (Å²) >= 11 is 24.4. The van der Waals surface area contributed by atoms with Crippen molar-refractivity contribution in [2.24, 2.45) is 5.73 Å². The molecule has 6 aliphatic heterocycles. The van der Waals surface area contributed by atoms with Crippen LogP contribution in [0.1, 0.15) is 44.9 Å². The highest BCUT2D eigenvalue weighted by Crippen LogP contribution is 2.51. The summed E-state index contributed by atoms with van der Waals surface area (Å²) in [6.45, 7) is 23.8. The van der Waals surface area contributed by atoms with Crippen molar-refractivity contribution in [2.75, 3.05) is 192 Å². The highest BCUT2D eigenvalue weighted by molar-refractivity contribution is 8.00. The summed E-state index contributed by atoms with van der Waals surface area (Å²) in [5, 5.41) is 14.5. The Morgan fingerprint density at radius 3 is 1.05 bits per heavy atom. The predicted molar refractivity (Wildman–Crippen MR) is 390 cm³/mol. The SMILES string of the molecule is CNCCCC(=O)OCCN1CCN(CCCN2c3ccccc3Sc3ccc(Cl)cc32)CC1.NCCCC(=O)OCCN1CCN(CCCN2c3ccccc3Sc3ccc(Cl)cc32)CC1.OCCN1CCN(CCCN2c3ccccc3Sc3ccc(Cl)cc32)CC1. The number of anilines is 6. The topological polar surface area (TPSA) is 140 Å². The summed E-state index contributed by atoms with van der Waals surface area (Å²) in [5.74, 6) is -0.228. The number of rotatable bonds is 27. The molecule has 0 unspecified atom stereocenters. The molecule has 0 spiro atoms. The maximum atomic E-state index is 11.7. The van der Waals surface area contributed by atoms with Gasteiger partial charge in [-0.1, -0.05) is 106 Å². The molecule has 6 aromatic rings. The number of benzene rings is 6. The number of aliphatic hydroxyl groups is 1. The number of fused-ring (bicyclic) bond motifs is 6. The second-order valence-corrected chi connectivity index (χ2v) is 28.9. The molecule has 0 radical (unpaired) electrons. The number of carbonyl (C=O) groups excluding carboxylic acids is 2. The largest absolute Gasteiger partial charge is 0.464 e. The molecular weight excluding hydrogens is 1300 g/mol. The quantitative estimate of drug-likeness (QED) is 0.0332. The Labute approximate surface area is 585 Å². The van der Waals surface area contributed by atoms with Gasteiger partial charge in [0.2, 0.25) is 0 Å². The molecule has 6 aromatic carbocycles. The number of esters is 2. The van der Waals surface area contributed by atoms with Crippen LogP contribution in [0.2, 0.25) is 15.1 Å². The Hall–Kier alpha value is -4.78.